The predicted molar refractivity (Wildman–Crippen MR) is 97.6 cm³/mol. The summed E-state index contributed by atoms with van der Waals surface area (Å²) in [5.41, 5.74) is 1.22. The van der Waals surface area contributed by atoms with Crippen LogP contribution in [0.2, 0.25) is 0 Å². The van der Waals surface area contributed by atoms with E-state index in [0.29, 0.717) is 0 Å². The fourth-order valence-electron chi connectivity index (χ4n) is 3.73. The lowest BCUT2D eigenvalue weighted by molar-refractivity contribution is -1.02. The summed E-state index contributed by atoms with van der Waals surface area (Å²) in [6, 6.07) is 10.9. The second-order valence-corrected chi connectivity index (χ2v) is 7.72. The highest BCUT2D eigenvalue weighted by Gasteiger charge is 2.37. The number of tetrazole rings is 1. The van der Waals surface area contributed by atoms with E-state index in [1.807, 2.05) is 0 Å². The average molecular weight is 345 g/mol. The molecule has 1 aromatic heterocycles. The number of hydrogen-bond donors (Lipinski definition) is 2. The molecule has 6 nitrogen and oxygen atoms in total. The number of nitrogens with one attached hydrogen (secondary N) is 2. The predicted octanol–water partition coefficient (Wildman–Crippen LogP) is -0.289. The van der Waals surface area contributed by atoms with Gasteiger partial charge in [-0.1, -0.05) is 37.3 Å². The topological polar surface area (TPSA) is 52.5 Å². The first kappa shape index (κ1) is 18.0. The van der Waals surface area contributed by atoms with E-state index in [4.69, 9.17) is 0 Å². The summed E-state index contributed by atoms with van der Waals surface area (Å²) in [6.07, 6.45) is 0.996. The monoisotopic (exact) mass is 344 g/mol. The van der Waals surface area contributed by atoms with Crippen LogP contribution in [0.5, 0.6) is 0 Å². The van der Waals surface area contributed by atoms with Crippen LogP contribution >= 0.6 is 0 Å². The van der Waals surface area contributed by atoms with Crippen LogP contribution in [0, 0.1) is 0 Å². The summed E-state index contributed by atoms with van der Waals surface area (Å²) in [5, 5.41) is 12.9. The van der Waals surface area contributed by atoms with Gasteiger partial charge in [-0.05, 0) is 37.6 Å². The third-order valence-corrected chi connectivity index (χ3v) is 5.83. The Kier molecular flexibility index (Phi) is 5.49. The molecule has 1 fully saturated rings. The number of likely N-dealkylation sites (N-methyl/N-ethyl adjacent to an activating group) is 1. The minimum atomic E-state index is -0.0816. The number of nitrogens with zero attached hydrogens (tertiary/aromatic N) is 4. The van der Waals surface area contributed by atoms with Crippen LogP contribution in [0.15, 0.2) is 30.3 Å². The van der Waals surface area contributed by atoms with E-state index in [-0.39, 0.29) is 11.6 Å². The maximum atomic E-state index is 4.50. The molecule has 1 aliphatic rings. The van der Waals surface area contributed by atoms with Crippen molar-refractivity contribution in [2.24, 2.45) is 0 Å². The van der Waals surface area contributed by atoms with Gasteiger partial charge in [0, 0.05) is 5.56 Å². The van der Waals surface area contributed by atoms with Crippen molar-refractivity contribution in [1.29, 1.82) is 0 Å². The second-order valence-electron chi connectivity index (χ2n) is 7.72. The lowest BCUT2D eigenvalue weighted by atomic mass is 9.99. The van der Waals surface area contributed by atoms with E-state index in [1.165, 1.54) is 25.2 Å². The molecule has 0 saturated carbocycles. The van der Waals surface area contributed by atoms with Gasteiger partial charge in [-0.2, -0.15) is 0 Å². The number of hydrogen-bond acceptors (Lipinski definition) is 3. The molecule has 0 aliphatic carbocycles. The van der Waals surface area contributed by atoms with E-state index in [2.05, 4.69) is 78.2 Å². The molecule has 1 aromatic carbocycles. The molecule has 6 heteroatoms. The van der Waals surface area contributed by atoms with Gasteiger partial charge in [0.05, 0.1) is 12.1 Å². The van der Waals surface area contributed by atoms with Gasteiger partial charge >= 0.3 is 0 Å². The van der Waals surface area contributed by atoms with E-state index >= 15 is 0 Å². The van der Waals surface area contributed by atoms with Crippen molar-refractivity contribution in [2.45, 2.75) is 45.7 Å². The van der Waals surface area contributed by atoms with E-state index in [0.717, 1.165) is 25.3 Å². The van der Waals surface area contributed by atoms with Gasteiger partial charge in [0.2, 0.25) is 5.82 Å². The first-order valence-electron chi connectivity index (χ1n) is 9.58. The molecule has 2 aromatic rings. The van der Waals surface area contributed by atoms with E-state index in [1.54, 1.807) is 9.80 Å². The second kappa shape index (κ2) is 7.62. The summed E-state index contributed by atoms with van der Waals surface area (Å²) in [4.78, 5) is 3.27. The van der Waals surface area contributed by atoms with Crippen molar-refractivity contribution in [2.75, 3.05) is 32.7 Å². The summed E-state index contributed by atoms with van der Waals surface area (Å²) >= 11 is 0. The molecule has 1 atom stereocenters. The van der Waals surface area contributed by atoms with E-state index in [9.17, 15) is 0 Å². The Morgan fingerprint density at radius 1 is 1.08 bits per heavy atom. The number of rotatable bonds is 6. The Bertz CT molecular complexity index is 658. The normalized spacial score (nSPS) is 22.7. The highest BCUT2D eigenvalue weighted by atomic mass is 15.6. The van der Waals surface area contributed by atoms with Gasteiger partial charge in [-0.25, -0.2) is 4.68 Å². The zero-order valence-corrected chi connectivity index (χ0v) is 16.0. The minimum absolute atomic E-state index is 0.0816. The summed E-state index contributed by atoms with van der Waals surface area (Å²) in [6.45, 7) is 14.8. The van der Waals surface area contributed by atoms with Crippen molar-refractivity contribution in [3.8, 4) is 0 Å². The average Bonchev–Trinajstić information content (AvgIpc) is 3.14. The van der Waals surface area contributed by atoms with E-state index < -0.39 is 0 Å². The Hall–Kier alpha value is -1.79. The third-order valence-electron chi connectivity index (χ3n) is 5.83. The zero-order chi connectivity index (χ0) is 17.9. The Labute approximate surface area is 150 Å². The molecular weight excluding hydrogens is 312 g/mol. The van der Waals surface area contributed by atoms with Gasteiger partial charge in [0.25, 0.3) is 0 Å². The molecule has 0 unspecified atom stereocenters. The van der Waals surface area contributed by atoms with Gasteiger partial charge in [-0.3, -0.25) is 0 Å². The Balaban J connectivity index is 1.98. The van der Waals surface area contributed by atoms with Crippen LogP contribution in [0.3, 0.4) is 0 Å². The molecular formula is C19H32N6+2. The smallest absolute Gasteiger partial charge is 0.214 e. The standard InChI is InChI=1S/C19H30N6/c1-5-19(3,4)25-18(20-21-22-25)17(16-10-8-7-9-11-16)24-14-12-23(6-2)13-15-24/h7-11,17H,5-6,12-15H2,1-4H3/p+2/t17-/m1/s1. The highest BCUT2D eigenvalue weighted by molar-refractivity contribution is 5.22. The molecule has 1 aliphatic heterocycles. The van der Waals surface area contributed by atoms with Crippen LogP contribution in [0.4, 0.5) is 0 Å². The molecule has 0 bridgehead atoms. The maximum Gasteiger partial charge on any atom is 0.214 e. The molecule has 136 valence electrons. The Morgan fingerprint density at radius 3 is 2.36 bits per heavy atom. The van der Waals surface area contributed by atoms with Crippen molar-refractivity contribution in [3.63, 3.8) is 0 Å². The van der Waals surface area contributed by atoms with Crippen molar-refractivity contribution in [3.05, 3.63) is 41.7 Å². The first-order chi connectivity index (χ1) is 12.1. The first-order valence-corrected chi connectivity index (χ1v) is 9.58. The zero-order valence-electron chi connectivity index (χ0n) is 16.0. The summed E-state index contributed by atoms with van der Waals surface area (Å²) in [7, 11) is 0. The van der Waals surface area contributed by atoms with Gasteiger partial charge in [0.15, 0.2) is 6.04 Å². The Morgan fingerprint density at radius 2 is 1.76 bits per heavy atom. The van der Waals surface area contributed by atoms with Gasteiger partial charge in [0.1, 0.15) is 26.2 Å². The fourth-order valence-corrected chi connectivity index (χ4v) is 3.73. The molecule has 3 rings (SSSR count). The minimum Gasteiger partial charge on any atom is -0.326 e. The van der Waals surface area contributed by atoms with Crippen LogP contribution in [-0.2, 0) is 5.54 Å². The molecule has 2 N–H and O–H groups in total. The summed E-state index contributed by atoms with van der Waals surface area (Å²) < 4.78 is 2.05. The molecule has 0 amide bonds. The quantitative estimate of drug-likeness (QED) is 0.757. The largest absolute Gasteiger partial charge is 0.326 e. The van der Waals surface area contributed by atoms with Crippen LogP contribution in [-0.4, -0.2) is 52.9 Å². The lowest BCUT2D eigenvalue weighted by Crippen LogP contribution is -3.28. The number of aromatic nitrogens is 4. The summed E-state index contributed by atoms with van der Waals surface area (Å²) in [5.74, 6) is 0.994. The fraction of sp³-hybridized carbons (Fsp3) is 0.632. The SMILES string of the molecule is CC[NH+]1CC[NH+]([C@H](c2ccccc2)c2nnnn2C(C)(C)CC)CC1. The van der Waals surface area contributed by atoms with Crippen LogP contribution in [0.1, 0.15) is 51.5 Å². The number of quaternary nitrogens is 2. The molecule has 2 heterocycles. The molecule has 0 spiro atoms. The van der Waals surface area contributed by atoms with Crippen molar-refractivity contribution < 1.29 is 9.80 Å². The van der Waals surface area contributed by atoms with Crippen molar-refractivity contribution in [1.82, 2.24) is 20.2 Å². The molecule has 25 heavy (non-hydrogen) atoms. The molecule has 1 saturated heterocycles. The van der Waals surface area contributed by atoms with Crippen molar-refractivity contribution >= 4 is 0 Å². The maximum absolute atomic E-state index is 4.50. The van der Waals surface area contributed by atoms with Gasteiger partial charge in [-0.15, -0.1) is 5.10 Å². The number of piperazine rings is 1. The number of benzene rings is 1. The molecule has 0 radical (unpaired) electrons. The lowest BCUT2D eigenvalue weighted by Gasteiger charge is -2.35. The van der Waals surface area contributed by atoms with Crippen LogP contribution < -0.4 is 9.80 Å². The highest BCUT2D eigenvalue weighted by Crippen LogP contribution is 2.24. The third kappa shape index (κ3) is 3.75. The van der Waals surface area contributed by atoms with Crippen LogP contribution in [0.25, 0.3) is 0 Å². The van der Waals surface area contributed by atoms with Gasteiger partial charge < -0.3 is 9.80 Å².